The number of hydrogen-bond acceptors (Lipinski definition) is 3. The van der Waals surface area contributed by atoms with Crippen molar-refractivity contribution in [3.63, 3.8) is 0 Å². The molecule has 1 aliphatic carbocycles. The third-order valence-electron chi connectivity index (χ3n) is 2.61. The fraction of sp³-hybridized carbons (Fsp3) is 0.538. The van der Waals surface area contributed by atoms with Crippen LogP contribution in [0.3, 0.4) is 0 Å². The second-order valence-electron chi connectivity index (χ2n) is 4.42. The summed E-state index contributed by atoms with van der Waals surface area (Å²) in [6.45, 7) is 4.28. The standard InChI is InChI=1S/C13H21N3O2/c1-3-7-15-13(18)10-5-4-6-11(8-10)16-12(17)9(2)14/h4-5,8-9,11H,3,6-7,14H2,1-2H3,(H,15,18)(H,16,17). The van der Waals surface area contributed by atoms with E-state index in [9.17, 15) is 9.59 Å². The SMILES string of the molecule is CCCNC(=O)C1=CC(NC(=O)C(C)N)CC=C1. The van der Waals surface area contributed by atoms with E-state index in [1.54, 1.807) is 19.1 Å². The zero-order valence-electron chi connectivity index (χ0n) is 10.9. The van der Waals surface area contributed by atoms with Gasteiger partial charge in [-0.2, -0.15) is 0 Å². The molecule has 0 spiro atoms. The summed E-state index contributed by atoms with van der Waals surface area (Å²) in [5, 5.41) is 5.59. The van der Waals surface area contributed by atoms with Crippen molar-refractivity contribution in [2.75, 3.05) is 6.54 Å². The summed E-state index contributed by atoms with van der Waals surface area (Å²) in [4.78, 5) is 23.2. The molecule has 0 bridgehead atoms. The lowest BCUT2D eigenvalue weighted by Crippen LogP contribution is -2.43. The van der Waals surface area contributed by atoms with Gasteiger partial charge in [-0.25, -0.2) is 0 Å². The first-order chi connectivity index (χ1) is 8.54. The average molecular weight is 251 g/mol. The van der Waals surface area contributed by atoms with E-state index in [0.29, 0.717) is 18.5 Å². The predicted molar refractivity (Wildman–Crippen MR) is 70.7 cm³/mol. The van der Waals surface area contributed by atoms with Crippen LogP contribution in [0.4, 0.5) is 0 Å². The second kappa shape index (κ2) is 6.96. The van der Waals surface area contributed by atoms with E-state index in [0.717, 1.165) is 6.42 Å². The molecule has 0 fully saturated rings. The van der Waals surface area contributed by atoms with Crippen molar-refractivity contribution in [1.82, 2.24) is 10.6 Å². The van der Waals surface area contributed by atoms with E-state index in [-0.39, 0.29) is 17.9 Å². The lowest BCUT2D eigenvalue weighted by molar-refractivity contribution is -0.122. The van der Waals surface area contributed by atoms with Crippen LogP contribution in [0.25, 0.3) is 0 Å². The van der Waals surface area contributed by atoms with Gasteiger partial charge in [-0.05, 0) is 25.8 Å². The maximum Gasteiger partial charge on any atom is 0.251 e. The normalized spacial score (nSPS) is 19.9. The molecule has 0 heterocycles. The Bertz CT molecular complexity index is 372. The second-order valence-corrected chi connectivity index (χ2v) is 4.42. The monoisotopic (exact) mass is 251 g/mol. The molecule has 1 aliphatic rings. The van der Waals surface area contributed by atoms with Gasteiger partial charge < -0.3 is 16.4 Å². The highest BCUT2D eigenvalue weighted by Gasteiger charge is 2.17. The number of hydrogen-bond donors (Lipinski definition) is 3. The highest BCUT2D eigenvalue weighted by Crippen LogP contribution is 2.11. The van der Waals surface area contributed by atoms with Crippen molar-refractivity contribution in [2.24, 2.45) is 5.73 Å². The van der Waals surface area contributed by atoms with Gasteiger partial charge in [-0.15, -0.1) is 0 Å². The molecule has 18 heavy (non-hydrogen) atoms. The topological polar surface area (TPSA) is 84.2 Å². The number of carbonyl (C=O) groups excluding carboxylic acids is 2. The van der Waals surface area contributed by atoms with Crippen LogP contribution < -0.4 is 16.4 Å². The lowest BCUT2D eigenvalue weighted by atomic mass is 10.0. The van der Waals surface area contributed by atoms with Crippen molar-refractivity contribution >= 4 is 11.8 Å². The summed E-state index contributed by atoms with van der Waals surface area (Å²) >= 11 is 0. The molecule has 0 saturated heterocycles. The summed E-state index contributed by atoms with van der Waals surface area (Å²) in [5.74, 6) is -0.312. The zero-order valence-corrected chi connectivity index (χ0v) is 10.9. The molecule has 0 saturated carbocycles. The summed E-state index contributed by atoms with van der Waals surface area (Å²) in [7, 11) is 0. The van der Waals surface area contributed by atoms with Gasteiger partial charge in [0.2, 0.25) is 5.91 Å². The molecule has 2 unspecified atom stereocenters. The Labute approximate surface area is 107 Å². The van der Waals surface area contributed by atoms with Crippen molar-refractivity contribution in [2.45, 2.75) is 38.8 Å². The number of nitrogens with two attached hydrogens (primary N) is 1. The van der Waals surface area contributed by atoms with Crippen LogP contribution in [-0.4, -0.2) is 30.4 Å². The fourth-order valence-corrected chi connectivity index (χ4v) is 1.59. The summed E-state index contributed by atoms with van der Waals surface area (Å²) in [6.07, 6.45) is 7.01. The number of rotatable bonds is 5. The summed E-state index contributed by atoms with van der Waals surface area (Å²) in [6, 6.07) is -0.697. The molecule has 100 valence electrons. The van der Waals surface area contributed by atoms with Crippen LogP contribution in [0.5, 0.6) is 0 Å². The first-order valence-electron chi connectivity index (χ1n) is 6.27. The van der Waals surface area contributed by atoms with Gasteiger partial charge in [0.15, 0.2) is 0 Å². The molecular formula is C13H21N3O2. The van der Waals surface area contributed by atoms with E-state index in [2.05, 4.69) is 10.6 Å². The first kappa shape index (κ1) is 14.4. The Kier molecular flexibility index (Phi) is 5.58. The minimum absolute atomic E-state index is 0.104. The van der Waals surface area contributed by atoms with Crippen LogP contribution in [0.1, 0.15) is 26.7 Å². The fourth-order valence-electron chi connectivity index (χ4n) is 1.59. The average Bonchev–Trinajstić information content (AvgIpc) is 2.36. The molecule has 5 heteroatoms. The molecular weight excluding hydrogens is 230 g/mol. The van der Waals surface area contributed by atoms with Crippen molar-refractivity contribution in [1.29, 1.82) is 0 Å². The van der Waals surface area contributed by atoms with Gasteiger partial charge >= 0.3 is 0 Å². The number of amides is 2. The van der Waals surface area contributed by atoms with Gasteiger partial charge in [0.05, 0.1) is 12.1 Å². The van der Waals surface area contributed by atoms with Crippen LogP contribution >= 0.6 is 0 Å². The maximum absolute atomic E-state index is 11.8. The van der Waals surface area contributed by atoms with Gasteiger partial charge in [0, 0.05) is 12.1 Å². The van der Waals surface area contributed by atoms with Crippen LogP contribution in [0.2, 0.25) is 0 Å². The zero-order chi connectivity index (χ0) is 13.5. The van der Waals surface area contributed by atoms with E-state index >= 15 is 0 Å². The molecule has 1 rings (SSSR count). The van der Waals surface area contributed by atoms with Crippen molar-refractivity contribution in [3.05, 3.63) is 23.8 Å². The minimum atomic E-state index is -0.540. The van der Waals surface area contributed by atoms with Gasteiger partial charge in [-0.1, -0.05) is 19.1 Å². The summed E-state index contributed by atoms with van der Waals surface area (Å²) in [5.41, 5.74) is 6.07. The molecule has 0 aromatic rings. The van der Waals surface area contributed by atoms with Gasteiger partial charge in [-0.3, -0.25) is 9.59 Å². The highest BCUT2D eigenvalue weighted by atomic mass is 16.2. The molecule has 0 aromatic carbocycles. The molecule has 0 aliphatic heterocycles. The smallest absolute Gasteiger partial charge is 0.251 e. The van der Waals surface area contributed by atoms with E-state index in [1.807, 2.05) is 13.0 Å². The Morgan fingerprint density at radius 3 is 2.89 bits per heavy atom. The Balaban J connectivity index is 2.59. The molecule has 4 N–H and O–H groups in total. The Morgan fingerprint density at radius 1 is 1.56 bits per heavy atom. The van der Waals surface area contributed by atoms with Gasteiger partial charge in [0.1, 0.15) is 0 Å². The van der Waals surface area contributed by atoms with Crippen LogP contribution in [-0.2, 0) is 9.59 Å². The first-order valence-corrected chi connectivity index (χ1v) is 6.27. The molecule has 0 radical (unpaired) electrons. The Hall–Kier alpha value is -1.62. The third kappa shape index (κ3) is 4.33. The largest absolute Gasteiger partial charge is 0.352 e. The maximum atomic E-state index is 11.8. The van der Waals surface area contributed by atoms with Crippen LogP contribution in [0, 0.1) is 0 Å². The lowest BCUT2D eigenvalue weighted by Gasteiger charge is -2.19. The number of nitrogens with one attached hydrogen (secondary N) is 2. The summed E-state index contributed by atoms with van der Waals surface area (Å²) < 4.78 is 0. The molecule has 5 nitrogen and oxygen atoms in total. The quantitative estimate of drug-likeness (QED) is 0.654. The molecule has 0 aromatic heterocycles. The number of carbonyl (C=O) groups is 2. The van der Waals surface area contributed by atoms with E-state index in [4.69, 9.17) is 5.73 Å². The Morgan fingerprint density at radius 2 is 2.28 bits per heavy atom. The minimum Gasteiger partial charge on any atom is -0.352 e. The van der Waals surface area contributed by atoms with Crippen molar-refractivity contribution in [3.8, 4) is 0 Å². The predicted octanol–water partition coefficient (Wildman–Crippen LogP) is 0.231. The molecule has 2 amide bonds. The van der Waals surface area contributed by atoms with Gasteiger partial charge in [0.25, 0.3) is 5.91 Å². The van der Waals surface area contributed by atoms with E-state index < -0.39 is 6.04 Å². The van der Waals surface area contributed by atoms with Crippen molar-refractivity contribution < 1.29 is 9.59 Å². The van der Waals surface area contributed by atoms with Crippen LogP contribution in [0.15, 0.2) is 23.8 Å². The molecule has 2 atom stereocenters. The highest BCUT2D eigenvalue weighted by molar-refractivity contribution is 5.96. The van der Waals surface area contributed by atoms with E-state index in [1.165, 1.54) is 0 Å². The third-order valence-corrected chi connectivity index (χ3v) is 2.61.